The fourth-order valence-corrected chi connectivity index (χ4v) is 2.64. The summed E-state index contributed by atoms with van der Waals surface area (Å²) in [5.74, 6) is 1.62. The molecular weight excluding hydrogens is 387 g/mol. The molecule has 0 radical (unpaired) electrons. The highest BCUT2D eigenvalue weighted by Crippen LogP contribution is 2.21. The Morgan fingerprint density at radius 3 is 2.50 bits per heavy atom. The van der Waals surface area contributed by atoms with Crippen LogP contribution in [-0.2, 0) is 12.8 Å². The first-order chi connectivity index (χ1) is 9.63. The maximum atomic E-state index is 6.19. The highest BCUT2D eigenvalue weighted by Gasteiger charge is 2.10. The fraction of sp³-hybridized carbons (Fsp3) is 0.333. The van der Waals surface area contributed by atoms with Gasteiger partial charge < -0.3 is 4.74 Å². The maximum absolute atomic E-state index is 6.19. The Kier molecular flexibility index (Phi) is 5.60. The van der Waals surface area contributed by atoms with Gasteiger partial charge in [0, 0.05) is 6.42 Å². The van der Waals surface area contributed by atoms with Crippen LogP contribution in [0.1, 0.15) is 30.4 Å². The van der Waals surface area contributed by atoms with Gasteiger partial charge in [-0.15, -0.1) is 0 Å². The standard InChI is InChI=1S/C15H16ClIN2O/c1-3-4-12-14(17)15(16)19-13(18-12)9-10-5-7-11(20-2)8-6-10/h5-8H,3-4,9H2,1-2H3. The summed E-state index contributed by atoms with van der Waals surface area (Å²) in [5, 5.41) is 0.549. The molecule has 1 aromatic heterocycles. The first-order valence-corrected chi connectivity index (χ1v) is 7.93. The Labute approximate surface area is 137 Å². The summed E-state index contributed by atoms with van der Waals surface area (Å²) in [4.78, 5) is 9.00. The van der Waals surface area contributed by atoms with E-state index >= 15 is 0 Å². The molecule has 3 nitrogen and oxygen atoms in total. The molecule has 0 unspecified atom stereocenters. The summed E-state index contributed by atoms with van der Waals surface area (Å²) in [5.41, 5.74) is 2.18. The Bertz CT molecular complexity index is 587. The lowest BCUT2D eigenvalue weighted by Gasteiger charge is -2.08. The number of benzene rings is 1. The number of hydrogen-bond donors (Lipinski definition) is 0. The van der Waals surface area contributed by atoms with Gasteiger partial charge in [0.05, 0.1) is 16.4 Å². The summed E-state index contributed by atoms with van der Waals surface area (Å²) >= 11 is 8.40. The first kappa shape index (κ1) is 15.5. The molecule has 0 bridgehead atoms. The second-order valence-electron chi connectivity index (χ2n) is 4.47. The quantitative estimate of drug-likeness (QED) is 0.553. The Hall–Kier alpha value is -0.880. The minimum Gasteiger partial charge on any atom is -0.497 e. The van der Waals surface area contributed by atoms with Crippen LogP contribution < -0.4 is 4.74 Å². The van der Waals surface area contributed by atoms with Crippen molar-refractivity contribution in [1.82, 2.24) is 9.97 Å². The van der Waals surface area contributed by atoms with Crippen LogP contribution in [0.4, 0.5) is 0 Å². The number of aryl methyl sites for hydroxylation is 1. The highest BCUT2D eigenvalue weighted by atomic mass is 127. The van der Waals surface area contributed by atoms with Gasteiger partial charge in [-0.25, -0.2) is 9.97 Å². The molecule has 20 heavy (non-hydrogen) atoms. The van der Waals surface area contributed by atoms with Gasteiger partial charge in [0.2, 0.25) is 0 Å². The zero-order chi connectivity index (χ0) is 14.5. The van der Waals surface area contributed by atoms with Gasteiger partial charge >= 0.3 is 0 Å². The maximum Gasteiger partial charge on any atom is 0.146 e. The third kappa shape index (κ3) is 3.82. The van der Waals surface area contributed by atoms with Gasteiger partial charge in [0.15, 0.2) is 0 Å². The molecule has 0 aliphatic rings. The molecule has 2 aromatic rings. The second kappa shape index (κ2) is 7.22. The minimum absolute atomic E-state index is 0.549. The molecule has 5 heteroatoms. The van der Waals surface area contributed by atoms with E-state index in [0.717, 1.165) is 39.2 Å². The van der Waals surface area contributed by atoms with Crippen molar-refractivity contribution in [2.45, 2.75) is 26.2 Å². The minimum atomic E-state index is 0.549. The van der Waals surface area contributed by atoms with E-state index in [0.29, 0.717) is 11.6 Å². The molecule has 106 valence electrons. The molecule has 1 heterocycles. The highest BCUT2D eigenvalue weighted by molar-refractivity contribution is 14.1. The molecule has 0 spiro atoms. The lowest BCUT2D eigenvalue weighted by molar-refractivity contribution is 0.414. The van der Waals surface area contributed by atoms with Crippen molar-refractivity contribution in [2.24, 2.45) is 0 Å². The van der Waals surface area contributed by atoms with Crippen molar-refractivity contribution < 1.29 is 4.74 Å². The molecule has 0 aliphatic carbocycles. The average Bonchev–Trinajstić information content (AvgIpc) is 2.45. The van der Waals surface area contributed by atoms with E-state index in [9.17, 15) is 0 Å². The Morgan fingerprint density at radius 1 is 1.20 bits per heavy atom. The number of hydrogen-bond acceptors (Lipinski definition) is 3. The zero-order valence-corrected chi connectivity index (χ0v) is 14.4. The number of methoxy groups -OCH3 is 1. The van der Waals surface area contributed by atoms with Crippen LogP contribution in [0.2, 0.25) is 5.15 Å². The van der Waals surface area contributed by atoms with Crippen LogP contribution in [-0.4, -0.2) is 17.1 Å². The molecular formula is C15H16ClIN2O. The van der Waals surface area contributed by atoms with Crippen LogP contribution in [0.3, 0.4) is 0 Å². The van der Waals surface area contributed by atoms with Crippen molar-refractivity contribution in [3.05, 3.63) is 50.1 Å². The normalized spacial score (nSPS) is 10.6. The molecule has 0 saturated carbocycles. The van der Waals surface area contributed by atoms with E-state index in [-0.39, 0.29) is 0 Å². The number of halogens is 2. The van der Waals surface area contributed by atoms with Crippen LogP contribution in [0, 0.1) is 3.57 Å². The first-order valence-electron chi connectivity index (χ1n) is 6.47. The van der Waals surface area contributed by atoms with Gasteiger partial charge in [-0.2, -0.15) is 0 Å². The van der Waals surface area contributed by atoms with Crippen LogP contribution in [0.25, 0.3) is 0 Å². The van der Waals surface area contributed by atoms with E-state index in [4.69, 9.17) is 16.3 Å². The summed E-state index contributed by atoms with van der Waals surface area (Å²) in [7, 11) is 1.66. The molecule has 0 fully saturated rings. The van der Waals surface area contributed by atoms with Gasteiger partial charge in [0.25, 0.3) is 0 Å². The monoisotopic (exact) mass is 402 g/mol. The molecule has 1 aromatic carbocycles. The molecule has 0 saturated heterocycles. The van der Waals surface area contributed by atoms with Crippen molar-refractivity contribution in [3.63, 3.8) is 0 Å². The van der Waals surface area contributed by atoms with Crippen LogP contribution in [0.15, 0.2) is 24.3 Å². The third-order valence-corrected chi connectivity index (χ3v) is 4.66. The topological polar surface area (TPSA) is 35.0 Å². The van der Waals surface area contributed by atoms with Crippen LogP contribution >= 0.6 is 34.2 Å². The van der Waals surface area contributed by atoms with Crippen molar-refractivity contribution in [2.75, 3.05) is 7.11 Å². The predicted molar refractivity (Wildman–Crippen MR) is 89.6 cm³/mol. The largest absolute Gasteiger partial charge is 0.497 e. The molecule has 0 aliphatic heterocycles. The van der Waals surface area contributed by atoms with Gasteiger partial charge in [-0.3, -0.25) is 0 Å². The number of rotatable bonds is 5. The van der Waals surface area contributed by atoms with Gasteiger partial charge in [-0.05, 0) is 46.7 Å². The SMILES string of the molecule is CCCc1nc(Cc2ccc(OC)cc2)nc(Cl)c1I. The molecule has 0 N–H and O–H groups in total. The Morgan fingerprint density at radius 2 is 1.90 bits per heavy atom. The van der Waals surface area contributed by atoms with Crippen molar-refractivity contribution in [3.8, 4) is 5.75 Å². The lowest BCUT2D eigenvalue weighted by Crippen LogP contribution is -2.04. The summed E-state index contributed by atoms with van der Waals surface area (Å²) in [6, 6.07) is 7.92. The summed E-state index contributed by atoms with van der Waals surface area (Å²) in [6.07, 6.45) is 2.65. The predicted octanol–water partition coefficient (Wildman–Crippen LogP) is 4.29. The Balaban J connectivity index is 2.23. The van der Waals surface area contributed by atoms with Crippen LogP contribution in [0.5, 0.6) is 5.75 Å². The smallest absolute Gasteiger partial charge is 0.146 e. The lowest BCUT2D eigenvalue weighted by atomic mass is 10.1. The fourth-order valence-electron chi connectivity index (χ4n) is 1.92. The third-order valence-electron chi connectivity index (χ3n) is 2.93. The second-order valence-corrected chi connectivity index (χ2v) is 5.90. The molecule has 0 atom stereocenters. The number of nitrogens with zero attached hydrogens (tertiary/aromatic N) is 2. The van der Waals surface area contributed by atoms with Gasteiger partial charge in [0.1, 0.15) is 16.7 Å². The summed E-state index contributed by atoms with van der Waals surface area (Å²) < 4.78 is 6.11. The molecule has 2 rings (SSSR count). The average molecular weight is 403 g/mol. The van der Waals surface area contributed by atoms with Crippen molar-refractivity contribution >= 4 is 34.2 Å². The summed E-state index contributed by atoms with van der Waals surface area (Å²) in [6.45, 7) is 2.13. The van der Waals surface area contributed by atoms with Crippen molar-refractivity contribution in [1.29, 1.82) is 0 Å². The zero-order valence-electron chi connectivity index (χ0n) is 11.5. The molecule has 0 amide bonds. The van der Waals surface area contributed by atoms with E-state index in [1.165, 1.54) is 0 Å². The number of ether oxygens (including phenoxy) is 1. The van der Waals surface area contributed by atoms with Gasteiger partial charge in [-0.1, -0.05) is 37.1 Å². The van der Waals surface area contributed by atoms with E-state index in [2.05, 4.69) is 39.5 Å². The van der Waals surface area contributed by atoms with E-state index in [1.54, 1.807) is 7.11 Å². The van der Waals surface area contributed by atoms with E-state index in [1.807, 2.05) is 24.3 Å². The number of aromatic nitrogens is 2. The van der Waals surface area contributed by atoms with E-state index < -0.39 is 0 Å².